The molecule has 4 nitrogen and oxygen atoms in total. The number of hydrogen-bond donors (Lipinski definition) is 0. The first-order chi connectivity index (χ1) is 13.7. The van der Waals surface area contributed by atoms with Crippen molar-refractivity contribution >= 4 is 38.3 Å². The van der Waals surface area contributed by atoms with E-state index in [-0.39, 0.29) is 0 Å². The predicted molar refractivity (Wildman–Crippen MR) is 118 cm³/mol. The zero-order valence-corrected chi connectivity index (χ0v) is 17.1. The van der Waals surface area contributed by atoms with Crippen molar-refractivity contribution in [1.82, 2.24) is 14.9 Å². The number of benzene rings is 2. The Labute approximate surface area is 169 Å². The van der Waals surface area contributed by atoms with Crippen molar-refractivity contribution in [3.63, 3.8) is 0 Å². The predicted octanol–water partition coefficient (Wildman–Crippen LogP) is 5.04. The quantitative estimate of drug-likeness (QED) is 0.492. The van der Waals surface area contributed by atoms with Crippen molar-refractivity contribution in [2.75, 3.05) is 31.1 Å². The van der Waals surface area contributed by atoms with Gasteiger partial charge in [0.15, 0.2) is 0 Å². The van der Waals surface area contributed by atoms with Crippen LogP contribution in [-0.4, -0.2) is 41.0 Å². The van der Waals surface area contributed by atoms with E-state index in [9.17, 15) is 0 Å². The van der Waals surface area contributed by atoms with Gasteiger partial charge in [0.2, 0.25) is 0 Å². The molecule has 2 aromatic carbocycles. The van der Waals surface area contributed by atoms with E-state index in [4.69, 9.17) is 9.97 Å². The number of nitrogens with zero attached hydrogens (tertiary/aromatic N) is 4. The summed E-state index contributed by atoms with van der Waals surface area (Å²) in [5.74, 6) is 1.10. The zero-order chi connectivity index (χ0) is 19.1. The molecule has 0 N–H and O–H groups in total. The SMILES string of the molecule is Cc1cc(N2CCN(C(C)c3nc4ccccc4s3)CC2)nc2ccccc12. The lowest BCUT2D eigenvalue weighted by molar-refractivity contribution is 0.198. The lowest BCUT2D eigenvalue weighted by Gasteiger charge is -2.38. The van der Waals surface area contributed by atoms with Crippen LogP contribution in [0.15, 0.2) is 54.6 Å². The summed E-state index contributed by atoms with van der Waals surface area (Å²) in [5, 5.41) is 2.46. The summed E-state index contributed by atoms with van der Waals surface area (Å²) in [7, 11) is 0. The van der Waals surface area contributed by atoms with Crippen LogP contribution in [0.25, 0.3) is 21.1 Å². The molecule has 1 aliphatic heterocycles. The highest BCUT2D eigenvalue weighted by Gasteiger charge is 2.25. The number of aryl methyl sites for hydroxylation is 1. The van der Waals surface area contributed by atoms with Gasteiger partial charge in [-0.2, -0.15) is 0 Å². The number of hydrogen-bond acceptors (Lipinski definition) is 5. The molecular formula is C23H24N4S. The summed E-state index contributed by atoms with van der Waals surface area (Å²) in [6, 6.07) is 19.4. The summed E-state index contributed by atoms with van der Waals surface area (Å²) < 4.78 is 1.28. The van der Waals surface area contributed by atoms with Crippen LogP contribution in [0.4, 0.5) is 5.82 Å². The normalized spacial score (nSPS) is 16.7. The van der Waals surface area contributed by atoms with Gasteiger partial charge in [-0.1, -0.05) is 30.3 Å². The average Bonchev–Trinajstić information content (AvgIpc) is 3.18. The minimum absolute atomic E-state index is 0.353. The molecule has 5 rings (SSSR count). The minimum Gasteiger partial charge on any atom is -0.354 e. The molecule has 2 aromatic heterocycles. The van der Waals surface area contributed by atoms with Crippen LogP contribution in [0.2, 0.25) is 0 Å². The number of rotatable bonds is 3. The Kier molecular flexibility index (Phi) is 4.49. The van der Waals surface area contributed by atoms with Gasteiger partial charge in [-0.15, -0.1) is 11.3 Å². The van der Waals surface area contributed by atoms with Crippen LogP contribution in [0, 0.1) is 6.92 Å². The fourth-order valence-corrected chi connectivity index (χ4v) is 5.11. The molecular weight excluding hydrogens is 364 g/mol. The van der Waals surface area contributed by atoms with Crippen LogP contribution in [0.5, 0.6) is 0 Å². The van der Waals surface area contributed by atoms with E-state index in [2.05, 4.69) is 78.2 Å². The number of aromatic nitrogens is 2. The standard InChI is InChI=1S/C23H24N4S/c1-16-15-22(24-19-8-4-3-7-18(16)19)27-13-11-26(12-14-27)17(2)23-25-20-9-5-6-10-21(20)28-23/h3-10,15,17H,11-14H2,1-2H3. The van der Waals surface area contributed by atoms with Crippen LogP contribution in [0.1, 0.15) is 23.5 Å². The van der Waals surface area contributed by atoms with Gasteiger partial charge in [0.05, 0.1) is 21.8 Å². The molecule has 0 saturated carbocycles. The number of piperazine rings is 1. The second-order valence-electron chi connectivity index (χ2n) is 7.53. The van der Waals surface area contributed by atoms with Crippen molar-refractivity contribution in [3.8, 4) is 0 Å². The van der Waals surface area contributed by atoms with Crippen molar-refractivity contribution < 1.29 is 0 Å². The third-order valence-corrected chi connectivity index (χ3v) is 6.97. The van der Waals surface area contributed by atoms with E-state index in [1.165, 1.54) is 20.7 Å². The smallest absolute Gasteiger partial charge is 0.129 e. The molecule has 1 atom stereocenters. The van der Waals surface area contributed by atoms with Gasteiger partial charge in [0.25, 0.3) is 0 Å². The first kappa shape index (κ1) is 17.6. The van der Waals surface area contributed by atoms with Crippen LogP contribution in [0.3, 0.4) is 0 Å². The molecule has 1 fully saturated rings. The first-order valence-corrected chi connectivity index (χ1v) is 10.7. The third-order valence-electron chi connectivity index (χ3n) is 5.76. The van der Waals surface area contributed by atoms with E-state index < -0.39 is 0 Å². The maximum atomic E-state index is 4.91. The third kappa shape index (κ3) is 3.15. The highest BCUT2D eigenvalue weighted by atomic mass is 32.1. The van der Waals surface area contributed by atoms with E-state index in [1.807, 2.05) is 11.3 Å². The monoisotopic (exact) mass is 388 g/mol. The second kappa shape index (κ2) is 7.15. The Morgan fingerprint density at radius 3 is 2.39 bits per heavy atom. The van der Waals surface area contributed by atoms with E-state index in [0.717, 1.165) is 43.0 Å². The molecule has 0 bridgehead atoms. The second-order valence-corrected chi connectivity index (χ2v) is 8.60. The molecule has 1 aliphatic rings. The van der Waals surface area contributed by atoms with Crippen LogP contribution >= 0.6 is 11.3 Å². The number of anilines is 1. The molecule has 1 saturated heterocycles. The molecule has 5 heteroatoms. The van der Waals surface area contributed by atoms with Gasteiger partial charge < -0.3 is 4.90 Å². The number of pyridine rings is 1. The summed E-state index contributed by atoms with van der Waals surface area (Å²) in [6.07, 6.45) is 0. The Bertz CT molecular complexity index is 1090. The largest absolute Gasteiger partial charge is 0.354 e. The van der Waals surface area contributed by atoms with Gasteiger partial charge in [0, 0.05) is 31.6 Å². The van der Waals surface area contributed by atoms with E-state index in [1.54, 1.807) is 0 Å². The summed E-state index contributed by atoms with van der Waals surface area (Å²) >= 11 is 1.82. The summed E-state index contributed by atoms with van der Waals surface area (Å²) in [6.45, 7) is 8.53. The first-order valence-electron chi connectivity index (χ1n) is 9.90. The maximum Gasteiger partial charge on any atom is 0.129 e. The Morgan fingerprint density at radius 1 is 0.893 bits per heavy atom. The molecule has 0 aliphatic carbocycles. The van der Waals surface area contributed by atoms with Crippen LogP contribution < -0.4 is 4.90 Å². The van der Waals surface area contributed by atoms with Gasteiger partial charge in [-0.3, -0.25) is 4.90 Å². The molecule has 0 amide bonds. The van der Waals surface area contributed by atoms with Crippen molar-refractivity contribution in [3.05, 3.63) is 65.2 Å². The number of thiazole rings is 1. The molecule has 3 heterocycles. The maximum absolute atomic E-state index is 4.91. The minimum atomic E-state index is 0.353. The lowest BCUT2D eigenvalue weighted by Crippen LogP contribution is -2.47. The van der Waals surface area contributed by atoms with Gasteiger partial charge >= 0.3 is 0 Å². The Hall–Kier alpha value is -2.50. The number of para-hydroxylation sites is 2. The van der Waals surface area contributed by atoms with Crippen LogP contribution in [-0.2, 0) is 0 Å². The molecule has 142 valence electrons. The van der Waals surface area contributed by atoms with Gasteiger partial charge in [0.1, 0.15) is 10.8 Å². The van der Waals surface area contributed by atoms with Crippen molar-refractivity contribution in [2.24, 2.45) is 0 Å². The Morgan fingerprint density at radius 2 is 1.61 bits per heavy atom. The highest BCUT2D eigenvalue weighted by Crippen LogP contribution is 2.30. The average molecular weight is 389 g/mol. The highest BCUT2D eigenvalue weighted by molar-refractivity contribution is 7.18. The number of fused-ring (bicyclic) bond motifs is 2. The molecule has 28 heavy (non-hydrogen) atoms. The van der Waals surface area contributed by atoms with E-state index >= 15 is 0 Å². The Balaban J connectivity index is 1.32. The lowest BCUT2D eigenvalue weighted by atomic mass is 10.1. The topological polar surface area (TPSA) is 32.3 Å². The van der Waals surface area contributed by atoms with Gasteiger partial charge in [-0.25, -0.2) is 9.97 Å². The fraction of sp³-hybridized carbons (Fsp3) is 0.304. The summed E-state index contributed by atoms with van der Waals surface area (Å²) in [4.78, 5) is 14.7. The molecule has 0 spiro atoms. The van der Waals surface area contributed by atoms with E-state index in [0.29, 0.717) is 6.04 Å². The van der Waals surface area contributed by atoms with Crippen molar-refractivity contribution in [2.45, 2.75) is 19.9 Å². The molecule has 4 aromatic rings. The van der Waals surface area contributed by atoms with Gasteiger partial charge in [-0.05, 0) is 43.7 Å². The molecule has 1 unspecified atom stereocenters. The van der Waals surface area contributed by atoms with Crippen molar-refractivity contribution in [1.29, 1.82) is 0 Å². The zero-order valence-electron chi connectivity index (χ0n) is 16.3. The fourth-order valence-electron chi connectivity index (χ4n) is 4.06. The summed E-state index contributed by atoms with van der Waals surface area (Å²) in [5.41, 5.74) is 3.50. The molecule has 0 radical (unpaired) electrons.